The highest BCUT2D eigenvalue weighted by atomic mass is 14.7. The van der Waals surface area contributed by atoms with Gasteiger partial charge in [0.25, 0.3) is 0 Å². The first-order chi connectivity index (χ1) is 25.8. The molecule has 240 valence electrons. The van der Waals surface area contributed by atoms with Crippen LogP contribution in [0.3, 0.4) is 0 Å². The number of rotatable bonds is 3. The molecule has 0 N–H and O–H groups in total. The van der Waals surface area contributed by atoms with E-state index in [0.717, 1.165) is 17.8 Å². The molecule has 0 radical (unpaired) electrons. The molecule has 1 unspecified atom stereocenters. The average Bonchev–Trinajstić information content (AvgIpc) is 3.72. The Morgan fingerprint density at radius 1 is 0.404 bits per heavy atom. The lowest BCUT2D eigenvalue weighted by Gasteiger charge is -2.22. The van der Waals surface area contributed by atoms with Crippen molar-refractivity contribution in [2.24, 2.45) is 0 Å². The second kappa shape index (κ2) is 10.4. The van der Waals surface area contributed by atoms with E-state index >= 15 is 0 Å². The maximum atomic E-state index is 5.12. The zero-order valence-corrected chi connectivity index (χ0v) is 28.3. The minimum absolute atomic E-state index is 0.336. The Bertz CT molecular complexity index is 3240. The molecule has 0 saturated heterocycles. The topological polar surface area (TPSA) is 25.8 Å². The van der Waals surface area contributed by atoms with Crippen LogP contribution >= 0.6 is 0 Å². The number of aromatic nitrogens is 2. The lowest BCUT2D eigenvalue weighted by atomic mass is 9.82. The average molecular weight is 659 g/mol. The summed E-state index contributed by atoms with van der Waals surface area (Å²) >= 11 is 0. The van der Waals surface area contributed by atoms with Gasteiger partial charge in [0.15, 0.2) is 0 Å². The zero-order valence-electron chi connectivity index (χ0n) is 28.3. The van der Waals surface area contributed by atoms with Crippen molar-refractivity contribution in [3.63, 3.8) is 0 Å². The van der Waals surface area contributed by atoms with Gasteiger partial charge in [-0.25, -0.2) is 0 Å². The van der Waals surface area contributed by atoms with Crippen LogP contribution in [-0.2, 0) is 6.42 Å². The van der Waals surface area contributed by atoms with Gasteiger partial charge in [0.2, 0.25) is 0 Å². The maximum absolute atomic E-state index is 5.12. The fraction of sp³-hybridized carbons (Fsp3) is 0.0400. The summed E-state index contributed by atoms with van der Waals surface area (Å²) in [7, 11) is 0. The molecular weight excluding hydrogens is 629 g/mol. The van der Waals surface area contributed by atoms with E-state index in [1.165, 1.54) is 103 Å². The molecule has 2 nitrogen and oxygen atoms in total. The molecule has 2 heterocycles. The van der Waals surface area contributed by atoms with Gasteiger partial charge in [-0.05, 0) is 119 Å². The number of benzene rings is 7. The summed E-state index contributed by atoms with van der Waals surface area (Å²) in [6, 6.07) is 51.2. The number of allylic oxidation sites excluding steroid dienone is 1. The molecule has 2 heteroatoms. The van der Waals surface area contributed by atoms with Crippen LogP contribution in [0.1, 0.15) is 22.6 Å². The number of hydrogen-bond acceptors (Lipinski definition) is 2. The van der Waals surface area contributed by atoms with E-state index in [4.69, 9.17) is 9.97 Å². The van der Waals surface area contributed by atoms with Gasteiger partial charge in [-0.15, -0.1) is 0 Å². The Morgan fingerprint density at radius 2 is 1.00 bits per heavy atom. The standard InChI is InChI=1S/C50H30N2/c1-2-12-29(13-3-1)30-22-23-32-31(26-30)27-40-45-35(32)16-10-19-38(45)48-47(42-20-6-8-24-51-42)41-28-39-34-15-5-4-14-33(34)36-17-11-18-37(44(36)39)46(41)50(49(40)48)43-21-7-9-25-52-43/h1-25,27-28,30H,26H2. The largest absolute Gasteiger partial charge is 0.256 e. The first-order valence-corrected chi connectivity index (χ1v) is 18.2. The molecule has 12 rings (SSSR count). The van der Waals surface area contributed by atoms with Crippen LogP contribution in [-0.4, -0.2) is 9.97 Å². The normalized spacial score (nSPS) is 14.6. The van der Waals surface area contributed by atoms with Gasteiger partial charge in [0, 0.05) is 45.6 Å². The first-order valence-electron chi connectivity index (χ1n) is 18.2. The van der Waals surface area contributed by atoms with Crippen molar-refractivity contribution in [3.05, 3.63) is 175 Å². The number of hydrogen-bond donors (Lipinski definition) is 0. The van der Waals surface area contributed by atoms with Crippen molar-refractivity contribution in [2.75, 3.05) is 0 Å². The third-order valence-corrected chi connectivity index (χ3v) is 11.8. The van der Waals surface area contributed by atoms with Crippen molar-refractivity contribution >= 4 is 81.5 Å². The van der Waals surface area contributed by atoms with Crippen molar-refractivity contribution in [1.82, 2.24) is 9.97 Å². The Kier molecular flexibility index (Phi) is 5.64. The van der Waals surface area contributed by atoms with E-state index < -0.39 is 0 Å². The van der Waals surface area contributed by atoms with Gasteiger partial charge < -0.3 is 0 Å². The van der Waals surface area contributed by atoms with Gasteiger partial charge in [-0.2, -0.15) is 0 Å². The third kappa shape index (κ3) is 3.68. The van der Waals surface area contributed by atoms with Crippen LogP contribution in [0, 0.1) is 0 Å². The van der Waals surface area contributed by atoms with Crippen LogP contribution in [0.5, 0.6) is 0 Å². The molecule has 0 bridgehead atoms. The Hall–Kier alpha value is -6.64. The summed E-state index contributed by atoms with van der Waals surface area (Å²) in [6.45, 7) is 0. The first kappa shape index (κ1) is 28.1. The van der Waals surface area contributed by atoms with Gasteiger partial charge >= 0.3 is 0 Å². The molecule has 11 aromatic rings. The molecule has 2 aromatic heterocycles. The summed E-state index contributed by atoms with van der Waals surface area (Å²) in [5, 5.41) is 18.0. The number of pyridine rings is 2. The van der Waals surface area contributed by atoms with E-state index in [1.807, 2.05) is 24.5 Å². The van der Waals surface area contributed by atoms with E-state index in [0.29, 0.717) is 5.92 Å². The van der Waals surface area contributed by atoms with Gasteiger partial charge in [0.05, 0.1) is 11.4 Å². The summed E-state index contributed by atoms with van der Waals surface area (Å²) in [5.41, 5.74) is 8.47. The minimum Gasteiger partial charge on any atom is -0.256 e. The highest BCUT2D eigenvalue weighted by Crippen LogP contribution is 2.55. The molecule has 0 aliphatic heterocycles. The van der Waals surface area contributed by atoms with Crippen LogP contribution in [0.25, 0.3) is 104 Å². The summed E-state index contributed by atoms with van der Waals surface area (Å²) < 4.78 is 0. The van der Waals surface area contributed by atoms with Crippen LogP contribution < -0.4 is 0 Å². The highest BCUT2D eigenvalue weighted by molar-refractivity contribution is 6.44. The van der Waals surface area contributed by atoms with E-state index in [9.17, 15) is 0 Å². The predicted molar refractivity (Wildman–Crippen MR) is 220 cm³/mol. The lowest BCUT2D eigenvalue weighted by Crippen LogP contribution is -2.06. The third-order valence-electron chi connectivity index (χ3n) is 11.8. The molecule has 0 spiro atoms. The summed E-state index contributed by atoms with van der Waals surface area (Å²) in [4.78, 5) is 10.2. The fourth-order valence-corrected chi connectivity index (χ4v) is 9.71. The van der Waals surface area contributed by atoms with Crippen LogP contribution in [0.2, 0.25) is 0 Å². The Balaban J connectivity index is 1.35. The van der Waals surface area contributed by atoms with Gasteiger partial charge in [0.1, 0.15) is 0 Å². The molecule has 1 aliphatic carbocycles. The Morgan fingerprint density at radius 3 is 1.75 bits per heavy atom. The van der Waals surface area contributed by atoms with E-state index in [2.05, 4.69) is 140 Å². The summed E-state index contributed by atoms with van der Waals surface area (Å²) in [5.74, 6) is 0.336. The monoisotopic (exact) mass is 658 g/mol. The number of fused-ring (bicyclic) bond motifs is 10. The lowest BCUT2D eigenvalue weighted by molar-refractivity contribution is 0.829. The van der Waals surface area contributed by atoms with Crippen molar-refractivity contribution < 1.29 is 0 Å². The molecule has 9 aromatic carbocycles. The van der Waals surface area contributed by atoms with Crippen LogP contribution in [0.15, 0.2) is 158 Å². The van der Waals surface area contributed by atoms with Crippen LogP contribution in [0.4, 0.5) is 0 Å². The van der Waals surface area contributed by atoms with E-state index in [-0.39, 0.29) is 0 Å². The minimum atomic E-state index is 0.336. The fourth-order valence-electron chi connectivity index (χ4n) is 9.71. The molecule has 0 fully saturated rings. The molecule has 52 heavy (non-hydrogen) atoms. The maximum Gasteiger partial charge on any atom is 0.0714 e. The second-order valence-corrected chi connectivity index (χ2v) is 14.4. The highest BCUT2D eigenvalue weighted by Gasteiger charge is 2.29. The molecule has 0 saturated carbocycles. The second-order valence-electron chi connectivity index (χ2n) is 14.4. The van der Waals surface area contributed by atoms with Crippen molar-refractivity contribution in [2.45, 2.75) is 12.3 Å². The number of nitrogens with zero attached hydrogens (tertiary/aromatic N) is 2. The smallest absolute Gasteiger partial charge is 0.0714 e. The van der Waals surface area contributed by atoms with Gasteiger partial charge in [-0.3, -0.25) is 9.97 Å². The predicted octanol–water partition coefficient (Wildman–Crippen LogP) is 13.1. The molecule has 1 atom stereocenters. The van der Waals surface area contributed by atoms with Gasteiger partial charge in [-0.1, -0.05) is 115 Å². The quantitative estimate of drug-likeness (QED) is 0.177. The molecular formula is C50H30N2. The summed E-state index contributed by atoms with van der Waals surface area (Å²) in [6.07, 6.45) is 9.62. The molecule has 1 aliphatic rings. The molecule has 0 amide bonds. The van der Waals surface area contributed by atoms with Crippen molar-refractivity contribution in [1.29, 1.82) is 0 Å². The van der Waals surface area contributed by atoms with Crippen molar-refractivity contribution in [3.8, 4) is 22.5 Å². The van der Waals surface area contributed by atoms with E-state index in [1.54, 1.807) is 0 Å². The SMILES string of the molecule is C1=CC(c2ccccc2)Cc2cc3c4c(-c5ccccn5)c5c(cc6c7ccccc7c7cccc5c76)c(-c5ccccn5)c4c4cccc(c21)c43. The Labute approximate surface area is 300 Å². The zero-order chi connectivity index (χ0) is 33.9.